The zero-order valence-corrected chi connectivity index (χ0v) is 26.0. The number of aromatic nitrogens is 2. The number of hydrogen-bond donors (Lipinski definition) is 1. The van der Waals surface area contributed by atoms with Crippen molar-refractivity contribution in [2.75, 3.05) is 0 Å². The van der Waals surface area contributed by atoms with E-state index in [0.29, 0.717) is 0 Å². The Labute approximate surface area is 257 Å². The molecule has 0 amide bonds. The van der Waals surface area contributed by atoms with Gasteiger partial charge in [-0.3, -0.25) is 4.98 Å². The van der Waals surface area contributed by atoms with Crippen molar-refractivity contribution < 1.29 is 26.2 Å². The topological polar surface area (TPSA) is 46.0 Å². The second kappa shape index (κ2) is 10.5. The summed E-state index contributed by atoms with van der Waals surface area (Å²) >= 11 is 1.61. The van der Waals surface area contributed by atoms with Gasteiger partial charge in [0.05, 0.1) is 11.1 Å². The summed E-state index contributed by atoms with van der Waals surface area (Å²) in [5.41, 5.74) is 6.73. The minimum absolute atomic E-state index is 0. The minimum Gasteiger partial charge on any atom is -0.507 e. The first kappa shape index (κ1) is 27.3. The van der Waals surface area contributed by atoms with Crippen LogP contribution in [-0.2, 0) is 26.5 Å². The molecule has 7 rings (SSSR count). The Morgan fingerprint density at radius 1 is 0.756 bits per heavy atom. The molecule has 3 nitrogen and oxygen atoms in total. The van der Waals surface area contributed by atoms with Gasteiger partial charge in [0.15, 0.2) is 0 Å². The molecule has 0 atom stereocenters. The molecule has 0 spiro atoms. The van der Waals surface area contributed by atoms with Crippen molar-refractivity contribution in [2.45, 2.75) is 26.2 Å². The fourth-order valence-corrected chi connectivity index (χ4v) is 6.31. The average Bonchev–Trinajstić information content (AvgIpc) is 3.40. The fraction of sp³-hybridized carbons (Fsp3) is 0.111. The standard InChI is InChI=1S/C36H27N2OS.Pt/c1-36(2,3)26-19-29(34-33(20-26)40-35(38-34)28-14-8-9-15-32(28)39)25-16-23-11-6-7-13-27(23)30(17-25)31-18-22-10-4-5-12-24(22)21-37-31;/h4-16,18-21,39H,1-3H3;/q-1;. The number of phenolic OH excluding ortho intramolecular Hbond substituents is 1. The van der Waals surface area contributed by atoms with E-state index < -0.39 is 0 Å². The van der Waals surface area contributed by atoms with Gasteiger partial charge in [0.2, 0.25) is 0 Å². The Kier molecular flexibility index (Phi) is 7.01. The number of phenols is 1. The molecule has 0 radical (unpaired) electrons. The molecule has 204 valence electrons. The maximum Gasteiger partial charge on any atom is 0.127 e. The van der Waals surface area contributed by atoms with Crippen molar-refractivity contribution in [3.8, 4) is 38.7 Å². The number of pyridine rings is 1. The van der Waals surface area contributed by atoms with Gasteiger partial charge in [-0.05, 0) is 39.9 Å². The minimum atomic E-state index is -0.0540. The Morgan fingerprint density at radius 2 is 1.46 bits per heavy atom. The maximum atomic E-state index is 10.6. The molecule has 41 heavy (non-hydrogen) atoms. The van der Waals surface area contributed by atoms with Crippen LogP contribution in [0.25, 0.3) is 64.7 Å². The molecule has 0 aliphatic rings. The van der Waals surface area contributed by atoms with Crippen LogP contribution in [0.5, 0.6) is 5.75 Å². The van der Waals surface area contributed by atoms with Crippen LogP contribution in [0.15, 0.2) is 103 Å². The summed E-state index contributed by atoms with van der Waals surface area (Å²) in [5.74, 6) is 0.237. The first-order valence-corrected chi connectivity index (χ1v) is 14.2. The molecule has 2 heterocycles. The van der Waals surface area contributed by atoms with E-state index in [2.05, 4.69) is 93.6 Å². The smallest absolute Gasteiger partial charge is 0.127 e. The molecule has 2 aromatic heterocycles. The predicted molar refractivity (Wildman–Crippen MR) is 168 cm³/mol. The third-order valence-electron chi connectivity index (χ3n) is 7.46. The molecule has 0 bridgehead atoms. The quantitative estimate of drug-likeness (QED) is 0.184. The molecule has 0 aliphatic carbocycles. The second-order valence-electron chi connectivity index (χ2n) is 11.2. The molecule has 1 N–H and O–H groups in total. The summed E-state index contributed by atoms with van der Waals surface area (Å²) < 4.78 is 1.09. The van der Waals surface area contributed by atoms with Gasteiger partial charge < -0.3 is 5.11 Å². The Hall–Kier alpha value is -3.85. The maximum absolute atomic E-state index is 10.6. The monoisotopic (exact) mass is 730 g/mol. The molecular weight excluding hydrogens is 704 g/mol. The van der Waals surface area contributed by atoms with Crippen LogP contribution in [-0.4, -0.2) is 15.1 Å². The number of para-hydroxylation sites is 1. The van der Waals surface area contributed by atoms with Crippen molar-refractivity contribution in [3.05, 3.63) is 115 Å². The zero-order valence-electron chi connectivity index (χ0n) is 22.9. The van der Waals surface area contributed by atoms with Crippen LogP contribution in [0, 0.1) is 6.07 Å². The molecule has 0 saturated heterocycles. The molecule has 0 unspecified atom stereocenters. The predicted octanol–water partition coefficient (Wildman–Crippen LogP) is 9.80. The summed E-state index contributed by atoms with van der Waals surface area (Å²) in [6, 6.07) is 36.8. The van der Waals surface area contributed by atoms with E-state index in [-0.39, 0.29) is 32.2 Å². The van der Waals surface area contributed by atoms with Gasteiger partial charge >= 0.3 is 0 Å². The number of thiazole rings is 1. The third kappa shape index (κ3) is 4.96. The van der Waals surface area contributed by atoms with E-state index in [1.807, 2.05) is 30.5 Å². The van der Waals surface area contributed by atoms with Crippen LogP contribution in [0.4, 0.5) is 0 Å². The largest absolute Gasteiger partial charge is 0.507 e. The van der Waals surface area contributed by atoms with Gasteiger partial charge in [0.1, 0.15) is 10.8 Å². The number of nitrogens with zero attached hydrogens (tertiary/aromatic N) is 2. The Balaban J connectivity index is 0.00000302. The van der Waals surface area contributed by atoms with Crippen molar-refractivity contribution >= 4 is 43.1 Å². The van der Waals surface area contributed by atoms with Crippen LogP contribution in [0.1, 0.15) is 26.3 Å². The normalized spacial score (nSPS) is 11.7. The third-order valence-corrected chi connectivity index (χ3v) is 8.50. The summed E-state index contributed by atoms with van der Waals surface area (Å²) in [5, 5.41) is 15.9. The van der Waals surface area contributed by atoms with Gasteiger partial charge in [-0.25, -0.2) is 4.98 Å². The number of rotatable bonds is 3. The van der Waals surface area contributed by atoms with Gasteiger partial charge in [0, 0.05) is 37.7 Å². The van der Waals surface area contributed by atoms with E-state index in [1.165, 1.54) is 5.56 Å². The number of fused-ring (bicyclic) bond motifs is 3. The van der Waals surface area contributed by atoms with Gasteiger partial charge in [0.25, 0.3) is 0 Å². The summed E-state index contributed by atoms with van der Waals surface area (Å²) in [6.45, 7) is 6.70. The number of aromatic hydroxyl groups is 1. The van der Waals surface area contributed by atoms with Crippen molar-refractivity contribution in [1.29, 1.82) is 0 Å². The molecule has 7 aromatic rings. The van der Waals surface area contributed by atoms with Crippen LogP contribution >= 0.6 is 11.3 Å². The molecule has 0 fully saturated rings. The summed E-state index contributed by atoms with van der Waals surface area (Å²) in [4.78, 5) is 9.95. The van der Waals surface area contributed by atoms with E-state index in [9.17, 15) is 5.11 Å². The molecule has 0 aliphatic heterocycles. The van der Waals surface area contributed by atoms with Crippen molar-refractivity contribution in [2.24, 2.45) is 0 Å². The van der Waals surface area contributed by atoms with E-state index in [1.54, 1.807) is 17.4 Å². The second-order valence-corrected chi connectivity index (χ2v) is 12.2. The molecular formula is C36H27N2OPtS-. The van der Waals surface area contributed by atoms with Crippen LogP contribution < -0.4 is 0 Å². The van der Waals surface area contributed by atoms with Gasteiger partial charge in [-0.15, -0.1) is 29.0 Å². The van der Waals surface area contributed by atoms with Crippen LogP contribution in [0.2, 0.25) is 0 Å². The van der Waals surface area contributed by atoms with Crippen molar-refractivity contribution in [1.82, 2.24) is 9.97 Å². The zero-order chi connectivity index (χ0) is 27.4. The first-order valence-electron chi connectivity index (χ1n) is 13.4. The Morgan fingerprint density at radius 3 is 2.24 bits per heavy atom. The fourth-order valence-electron chi connectivity index (χ4n) is 5.25. The Bertz CT molecular complexity index is 2070. The SMILES string of the molecule is CC(C)(C)c1cc(-c2[c-]c(-c3cc4ccccc4cn3)c3ccccc3c2)c2nc(-c3ccccc3O)sc2c1.[Pt]. The number of hydrogen-bond acceptors (Lipinski definition) is 4. The molecule has 0 saturated carbocycles. The van der Waals surface area contributed by atoms with Gasteiger partial charge in [-0.1, -0.05) is 115 Å². The molecule has 5 aromatic carbocycles. The molecule has 5 heteroatoms. The summed E-state index contributed by atoms with van der Waals surface area (Å²) in [6.07, 6.45) is 1.94. The number of benzene rings is 5. The van der Waals surface area contributed by atoms with E-state index >= 15 is 0 Å². The van der Waals surface area contributed by atoms with Gasteiger partial charge in [-0.2, -0.15) is 0 Å². The van der Waals surface area contributed by atoms with E-state index in [0.717, 1.165) is 64.7 Å². The van der Waals surface area contributed by atoms with Crippen LogP contribution in [0.3, 0.4) is 0 Å². The average molecular weight is 731 g/mol. The van der Waals surface area contributed by atoms with E-state index in [4.69, 9.17) is 9.97 Å². The first-order chi connectivity index (χ1) is 19.3. The van der Waals surface area contributed by atoms with Crippen molar-refractivity contribution in [3.63, 3.8) is 0 Å². The summed E-state index contributed by atoms with van der Waals surface area (Å²) in [7, 11) is 0.